The number of aliphatic hydroxyl groups is 3. The lowest BCUT2D eigenvalue weighted by atomic mass is 10.0. The number of aliphatic hydroxyl groups excluding tert-OH is 3. The van der Waals surface area contributed by atoms with Gasteiger partial charge in [-0.15, -0.1) is 0 Å². The molecule has 21 nitrogen and oxygen atoms in total. The topological polar surface area (TPSA) is 276 Å². The lowest BCUT2D eigenvalue weighted by Crippen LogP contribution is -2.54. The van der Waals surface area contributed by atoms with Gasteiger partial charge in [-0.05, 0) is 53.8 Å². The van der Waals surface area contributed by atoms with Gasteiger partial charge >= 0.3 is 6.09 Å². The highest BCUT2D eigenvalue weighted by molar-refractivity contribution is 6.03. The maximum Gasteiger partial charge on any atom is 0.410 e. The zero-order chi connectivity index (χ0) is 49.2. The summed E-state index contributed by atoms with van der Waals surface area (Å²) in [5, 5.41) is 39.4. The van der Waals surface area contributed by atoms with E-state index in [2.05, 4.69) is 67.4 Å². The lowest BCUT2D eigenvalue weighted by molar-refractivity contribution is -0.241. The van der Waals surface area contributed by atoms with Gasteiger partial charge in [0.15, 0.2) is 5.82 Å². The van der Waals surface area contributed by atoms with Gasteiger partial charge in [-0.2, -0.15) is 4.98 Å². The first kappa shape index (κ1) is 50.5. The Labute approximate surface area is 400 Å². The van der Waals surface area contributed by atoms with Crippen molar-refractivity contribution in [2.75, 3.05) is 68.8 Å². The van der Waals surface area contributed by atoms with E-state index in [9.17, 15) is 39.3 Å². The highest BCUT2D eigenvalue weighted by Gasteiger charge is 2.39. The second-order valence-corrected chi connectivity index (χ2v) is 17.9. The number of carbonyl (C=O) groups is 5. The molecule has 0 radical (unpaired) electrons. The number of piperazine rings is 1. The largest absolute Gasteiger partial charge is 0.460 e. The molecule has 0 aliphatic carbocycles. The van der Waals surface area contributed by atoms with Crippen LogP contribution in [0.4, 0.5) is 22.2 Å². The van der Waals surface area contributed by atoms with E-state index in [1.54, 1.807) is 17.9 Å². The van der Waals surface area contributed by atoms with Crippen LogP contribution >= 0.6 is 0 Å². The highest BCUT2D eigenvalue weighted by Crippen LogP contribution is 2.31. The number of anilines is 3. The van der Waals surface area contributed by atoms with Gasteiger partial charge < -0.3 is 60.7 Å². The Morgan fingerprint density at radius 1 is 0.913 bits per heavy atom. The molecule has 2 unspecified atom stereocenters. The number of nitrogens with one attached hydrogen (secondary N) is 3. The Bertz CT molecular complexity index is 2480. The molecule has 0 saturated carbocycles. The third-order valence-corrected chi connectivity index (χ3v) is 12.6. The number of fused-ring (bicyclic) bond motifs is 1. The van der Waals surface area contributed by atoms with E-state index in [0.29, 0.717) is 38.3 Å². The van der Waals surface area contributed by atoms with Crippen LogP contribution in [0.25, 0.3) is 11.0 Å². The van der Waals surface area contributed by atoms with E-state index in [1.807, 2.05) is 12.3 Å². The summed E-state index contributed by atoms with van der Waals surface area (Å²) < 4.78 is 19.1. The number of unbranched alkanes of at least 4 members (excludes halogenated alkanes) is 2. The van der Waals surface area contributed by atoms with Crippen molar-refractivity contribution in [2.24, 2.45) is 5.92 Å². The van der Waals surface area contributed by atoms with Crippen LogP contribution in [0.3, 0.4) is 0 Å². The molecule has 0 spiro atoms. The standard InChI is InChI=1S/C48H64N10O11/c1-4-5-6-14-51-44-41-34(53-47(49)54-44)12-16-57(41)26-33-9-7-31(22-29(33)2)25-55-18-20-56(21-19-55)48(66)68-27-32-8-10-37(69-46-43(64)42(63)36(59)28-67-46)35(24-32)52-39(61)11-15-50-38(60)13-17-58-40(62)23-30(3)45(58)65/h7-10,12,16,22,24,30,36,42-43,46,59,63-64H,4-6,11,13-15,17-21,23,25-28H2,1-3H3,(H,50,60)(H,52,61)(H3,49,51,53,54)/t30?,36-,42+,43-,46?/m0/s1. The number of nitrogens with two attached hydrogens (primary N) is 1. The fraction of sp³-hybridized carbons (Fsp3) is 0.521. The fourth-order valence-corrected chi connectivity index (χ4v) is 8.55. The zero-order valence-corrected chi connectivity index (χ0v) is 39.4. The van der Waals surface area contributed by atoms with Crippen LogP contribution in [0, 0.1) is 12.8 Å². The van der Waals surface area contributed by atoms with E-state index in [0.717, 1.165) is 65.2 Å². The molecule has 372 valence electrons. The minimum Gasteiger partial charge on any atom is -0.460 e. The average Bonchev–Trinajstić information content (AvgIpc) is 3.84. The van der Waals surface area contributed by atoms with Gasteiger partial charge in [0.25, 0.3) is 0 Å². The summed E-state index contributed by atoms with van der Waals surface area (Å²) in [6, 6.07) is 13.1. The van der Waals surface area contributed by atoms with E-state index in [-0.39, 0.29) is 74.8 Å². The molecule has 3 fully saturated rings. The monoisotopic (exact) mass is 956 g/mol. The molecule has 8 N–H and O–H groups in total. The number of rotatable bonds is 20. The third-order valence-electron chi connectivity index (χ3n) is 12.6. The first-order chi connectivity index (χ1) is 33.2. The second kappa shape index (κ2) is 23.3. The van der Waals surface area contributed by atoms with Gasteiger partial charge in [0, 0.05) is 90.3 Å². The average molecular weight is 957 g/mol. The van der Waals surface area contributed by atoms with Crippen molar-refractivity contribution in [1.29, 1.82) is 0 Å². The molecule has 2 aromatic carbocycles. The first-order valence-electron chi connectivity index (χ1n) is 23.6. The summed E-state index contributed by atoms with van der Waals surface area (Å²) in [6.45, 7) is 9.76. The molecular formula is C48H64N10O11. The van der Waals surface area contributed by atoms with Crippen LogP contribution in [0.2, 0.25) is 0 Å². The predicted octanol–water partition coefficient (Wildman–Crippen LogP) is 2.47. The first-order valence-corrected chi connectivity index (χ1v) is 23.6. The Morgan fingerprint density at radius 2 is 1.70 bits per heavy atom. The van der Waals surface area contributed by atoms with Crippen LogP contribution in [0.15, 0.2) is 48.7 Å². The number of carbonyl (C=O) groups excluding carboxylic acids is 5. The Morgan fingerprint density at radius 3 is 2.43 bits per heavy atom. The Hall–Kier alpha value is -6.39. The molecule has 2 aromatic heterocycles. The van der Waals surface area contributed by atoms with Crippen molar-refractivity contribution < 1.29 is 53.5 Å². The SMILES string of the molecule is CCCCCNc1nc(N)nc2ccn(Cc3ccc(CN4CCN(C(=O)OCc5ccc(OC6OC[C@H](O)[C@@H](O)[C@@H]6O)c(NC(=O)CCNC(=O)CCN6C(=O)CC(C)C6=O)c5)CC4)cc3C)c12. The van der Waals surface area contributed by atoms with Crippen molar-refractivity contribution in [2.45, 2.75) is 104 Å². The number of hydrogen-bond acceptors (Lipinski definition) is 16. The Balaban J connectivity index is 0.898. The molecule has 3 saturated heterocycles. The normalized spacial score (nSPS) is 20.9. The molecule has 5 heterocycles. The number of aryl methyl sites for hydroxylation is 1. The van der Waals surface area contributed by atoms with Crippen LogP contribution in [-0.4, -0.2) is 151 Å². The summed E-state index contributed by atoms with van der Waals surface area (Å²) in [7, 11) is 0. The maximum atomic E-state index is 13.3. The van der Waals surface area contributed by atoms with E-state index in [4.69, 9.17) is 19.9 Å². The van der Waals surface area contributed by atoms with E-state index in [1.165, 1.54) is 17.7 Å². The number of nitrogen functional groups attached to an aromatic ring is 1. The number of nitrogens with zero attached hydrogens (tertiary/aromatic N) is 6. The highest BCUT2D eigenvalue weighted by atomic mass is 16.7. The van der Waals surface area contributed by atoms with Gasteiger partial charge in [-0.1, -0.05) is 51.0 Å². The number of benzene rings is 2. The number of hydrogen-bond donors (Lipinski definition) is 7. The lowest BCUT2D eigenvalue weighted by Gasteiger charge is -2.35. The van der Waals surface area contributed by atoms with Gasteiger partial charge in [-0.3, -0.25) is 29.0 Å². The predicted molar refractivity (Wildman–Crippen MR) is 253 cm³/mol. The van der Waals surface area contributed by atoms with Crippen LogP contribution in [0.5, 0.6) is 5.75 Å². The van der Waals surface area contributed by atoms with Crippen molar-refractivity contribution in [3.8, 4) is 5.75 Å². The minimum absolute atomic E-state index is 0.0494. The van der Waals surface area contributed by atoms with Crippen LogP contribution < -0.4 is 26.4 Å². The molecule has 3 aliphatic heterocycles. The number of ether oxygens (including phenoxy) is 3. The third kappa shape index (κ3) is 13.0. The van der Waals surface area contributed by atoms with Crippen molar-refractivity contribution in [1.82, 2.24) is 34.6 Å². The zero-order valence-electron chi connectivity index (χ0n) is 39.4. The van der Waals surface area contributed by atoms with Gasteiger partial charge in [0.2, 0.25) is 35.9 Å². The quantitative estimate of drug-likeness (QED) is 0.0495. The van der Waals surface area contributed by atoms with E-state index < -0.39 is 48.4 Å². The van der Waals surface area contributed by atoms with Gasteiger partial charge in [-0.25, -0.2) is 9.78 Å². The molecule has 4 aromatic rings. The molecule has 69 heavy (non-hydrogen) atoms. The Kier molecular flexibility index (Phi) is 17.0. The molecule has 7 rings (SSSR count). The molecular weight excluding hydrogens is 893 g/mol. The van der Waals surface area contributed by atoms with Crippen molar-refractivity contribution >= 4 is 58.2 Å². The fourth-order valence-electron chi connectivity index (χ4n) is 8.55. The minimum atomic E-state index is -1.61. The number of likely N-dealkylation sites (tertiary alicyclic amines) is 1. The van der Waals surface area contributed by atoms with Crippen molar-refractivity contribution in [3.63, 3.8) is 0 Å². The number of aromatic nitrogens is 3. The molecule has 21 heteroatoms. The molecule has 0 bridgehead atoms. The summed E-state index contributed by atoms with van der Waals surface area (Å²) in [6.07, 6.45) is -1.19. The van der Waals surface area contributed by atoms with E-state index >= 15 is 0 Å². The molecule has 5 atom stereocenters. The van der Waals surface area contributed by atoms with Gasteiger partial charge in [0.05, 0.1) is 17.8 Å². The van der Waals surface area contributed by atoms with Crippen LogP contribution in [-0.2, 0) is 48.3 Å². The van der Waals surface area contributed by atoms with Crippen LogP contribution in [0.1, 0.15) is 74.6 Å². The van der Waals surface area contributed by atoms with Crippen molar-refractivity contribution in [3.05, 3.63) is 70.9 Å². The summed E-state index contributed by atoms with van der Waals surface area (Å²) in [5.41, 5.74) is 11.9. The summed E-state index contributed by atoms with van der Waals surface area (Å²) >= 11 is 0. The maximum absolute atomic E-state index is 13.3. The van der Waals surface area contributed by atoms with Gasteiger partial charge in [0.1, 0.15) is 36.2 Å². The number of amides is 5. The smallest absolute Gasteiger partial charge is 0.410 e. The number of imide groups is 1. The molecule has 3 aliphatic rings. The summed E-state index contributed by atoms with van der Waals surface area (Å²) in [5.74, 6) is -0.980. The molecule has 5 amide bonds. The second-order valence-electron chi connectivity index (χ2n) is 17.9. The summed E-state index contributed by atoms with van der Waals surface area (Å²) in [4.78, 5) is 77.1.